The van der Waals surface area contributed by atoms with E-state index in [4.69, 9.17) is 11.6 Å². The van der Waals surface area contributed by atoms with Crippen LogP contribution in [0.4, 0.5) is 11.4 Å². The van der Waals surface area contributed by atoms with Crippen LogP contribution in [0.5, 0.6) is 0 Å². The highest BCUT2D eigenvalue weighted by Gasteiger charge is 2.13. The van der Waals surface area contributed by atoms with E-state index in [0.717, 1.165) is 8.66 Å². The van der Waals surface area contributed by atoms with E-state index in [1.165, 1.54) is 12.1 Å². The molecule has 0 bridgehead atoms. The average Bonchev–Trinajstić information content (AvgIpc) is 2.78. The largest absolute Gasteiger partial charge is 0.376 e. The van der Waals surface area contributed by atoms with Crippen molar-refractivity contribution in [1.82, 2.24) is 0 Å². The van der Waals surface area contributed by atoms with E-state index in [9.17, 15) is 10.1 Å². The summed E-state index contributed by atoms with van der Waals surface area (Å²) in [7, 11) is 0. The number of thiophene rings is 1. The second kappa shape index (κ2) is 5.90. The third-order valence-electron chi connectivity index (χ3n) is 2.56. The lowest BCUT2D eigenvalue weighted by Gasteiger charge is -2.14. The van der Waals surface area contributed by atoms with Crippen LogP contribution in [0.15, 0.2) is 34.1 Å². The number of hydrogen-bond donors (Lipinski definition) is 1. The number of nitrogens with one attached hydrogen (secondary N) is 1. The molecule has 1 heterocycles. The molecule has 7 heteroatoms. The zero-order valence-electron chi connectivity index (χ0n) is 9.89. The van der Waals surface area contributed by atoms with Crippen molar-refractivity contribution < 1.29 is 4.92 Å². The summed E-state index contributed by atoms with van der Waals surface area (Å²) in [6.45, 7) is 2.01. The lowest BCUT2D eigenvalue weighted by atomic mass is 10.2. The molecular formula is C12H10BrClN2O2S. The zero-order valence-corrected chi connectivity index (χ0v) is 13.1. The molecule has 0 aliphatic rings. The number of halogens is 2. The van der Waals surface area contributed by atoms with E-state index < -0.39 is 4.92 Å². The first kappa shape index (κ1) is 14.3. The van der Waals surface area contributed by atoms with Crippen molar-refractivity contribution in [2.75, 3.05) is 5.32 Å². The molecule has 4 nitrogen and oxygen atoms in total. The van der Waals surface area contributed by atoms with Gasteiger partial charge in [-0.2, -0.15) is 0 Å². The summed E-state index contributed by atoms with van der Waals surface area (Å²) < 4.78 is 1.06. The van der Waals surface area contributed by atoms with Crippen LogP contribution < -0.4 is 5.32 Å². The fourth-order valence-corrected chi connectivity index (χ4v) is 3.26. The highest BCUT2D eigenvalue weighted by Crippen LogP contribution is 2.32. The van der Waals surface area contributed by atoms with Crippen LogP contribution in [-0.2, 0) is 0 Å². The van der Waals surface area contributed by atoms with E-state index in [1.807, 2.05) is 19.1 Å². The standard InChI is InChI=1S/C12H10BrClN2O2S/c1-7(11-4-5-12(13)19-11)15-10-3-2-8(16(17)18)6-9(10)14/h2-7,15H,1H3. The van der Waals surface area contributed by atoms with Gasteiger partial charge in [-0.3, -0.25) is 10.1 Å². The van der Waals surface area contributed by atoms with Crippen molar-refractivity contribution in [3.8, 4) is 0 Å². The molecule has 1 N–H and O–H groups in total. The van der Waals surface area contributed by atoms with Crippen molar-refractivity contribution in [2.24, 2.45) is 0 Å². The quantitative estimate of drug-likeness (QED) is 0.598. The number of nitro benzene ring substituents is 1. The fraction of sp³-hybridized carbons (Fsp3) is 0.167. The Balaban J connectivity index is 2.17. The molecule has 2 aromatic rings. The summed E-state index contributed by atoms with van der Waals surface area (Å²) in [4.78, 5) is 11.3. The second-order valence-corrected chi connectivity index (χ2v) is 6.83. The monoisotopic (exact) mass is 360 g/mol. The van der Waals surface area contributed by atoms with Gasteiger partial charge < -0.3 is 5.32 Å². The summed E-state index contributed by atoms with van der Waals surface area (Å²) in [6, 6.07) is 8.49. The molecule has 0 aliphatic carbocycles. The number of anilines is 1. The van der Waals surface area contributed by atoms with Crippen LogP contribution in [0.3, 0.4) is 0 Å². The zero-order chi connectivity index (χ0) is 14.0. The summed E-state index contributed by atoms with van der Waals surface area (Å²) in [6.07, 6.45) is 0. The van der Waals surface area contributed by atoms with Crippen LogP contribution in [0, 0.1) is 10.1 Å². The molecule has 0 radical (unpaired) electrons. The second-order valence-electron chi connectivity index (χ2n) is 3.93. The number of hydrogen-bond acceptors (Lipinski definition) is 4. The van der Waals surface area contributed by atoms with Crippen LogP contribution in [0.1, 0.15) is 17.8 Å². The predicted molar refractivity (Wildman–Crippen MR) is 82.2 cm³/mol. The van der Waals surface area contributed by atoms with Gasteiger partial charge in [0.15, 0.2) is 0 Å². The number of nitro groups is 1. The highest BCUT2D eigenvalue weighted by molar-refractivity contribution is 9.11. The fourth-order valence-electron chi connectivity index (χ4n) is 1.60. The van der Waals surface area contributed by atoms with Crippen molar-refractivity contribution in [3.05, 3.63) is 54.1 Å². The van der Waals surface area contributed by atoms with E-state index in [-0.39, 0.29) is 11.7 Å². The summed E-state index contributed by atoms with van der Waals surface area (Å²) in [5.41, 5.74) is 0.673. The van der Waals surface area contributed by atoms with Gasteiger partial charge in [-0.25, -0.2) is 0 Å². The van der Waals surface area contributed by atoms with Gasteiger partial charge in [-0.15, -0.1) is 11.3 Å². The third-order valence-corrected chi connectivity index (χ3v) is 4.68. The van der Waals surface area contributed by atoms with Gasteiger partial charge in [0.05, 0.1) is 25.5 Å². The minimum absolute atomic E-state index is 0.0120. The maximum absolute atomic E-state index is 10.6. The summed E-state index contributed by atoms with van der Waals surface area (Å²) in [5.74, 6) is 0. The first-order valence-electron chi connectivity index (χ1n) is 5.43. The molecule has 1 aromatic heterocycles. The molecule has 1 atom stereocenters. The Morgan fingerprint density at radius 1 is 1.42 bits per heavy atom. The molecule has 1 aromatic carbocycles. The number of non-ortho nitro benzene ring substituents is 1. The lowest BCUT2D eigenvalue weighted by Crippen LogP contribution is -2.05. The smallest absolute Gasteiger partial charge is 0.271 e. The van der Waals surface area contributed by atoms with E-state index in [1.54, 1.807) is 17.4 Å². The molecule has 0 aliphatic heterocycles. The molecule has 0 saturated carbocycles. The number of rotatable bonds is 4. The Kier molecular flexibility index (Phi) is 4.44. The van der Waals surface area contributed by atoms with Gasteiger partial charge in [-0.05, 0) is 41.1 Å². The van der Waals surface area contributed by atoms with E-state index in [0.29, 0.717) is 10.7 Å². The van der Waals surface area contributed by atoms with Crippen molar-refractivity contribution in [3.63, 3.8) is 0 Å². The Hall–Kier alpha value is -1.11. The number of benzene rings is 1. The van der Waals surface area contributed by atoms with Gasteiger partial charge >= 0.3 is 0 Å². The minimum Gasteiger partial charge on any atom is -0.376 e. The van der Waals surface area contributed by atoms with Gasteiger partial charge in [0.2, 0.25) is 0 Å². The van der Waals surface area contributed by atoms with Crippen LogP contribution in [0.25, 0.3) is 0 Å². The Morgan fingerprint density at radius 2 is 2.16 bits per heavy atom. The Labute approximate surface area is 127 Å². The van der Waals surface area contributed by atoms with Gasteiger partial charge in [-0.1, -0.05) is 11.6 Å². The molecule has 0 saturated heterocycles. The van der Waals surface area contributed by atoms with Crippen molar-refractivity contribution >= 4 is 50.2 Å². The first-order chi connectivity index (χ1) is 8.97. The van der Waals surface area contributed by atoms with Crippen LogP contribution >= 0.6 is 38.9 Å². The molecule has 1 unspecified atom stereocenters. The minimum atomic E-state index is -0.463. The normalized spacial score (nSPS) is 12.2. The first-order valence-corrected chi connectivity index (χ1v) is 7.42. The lowest BCUT2D eigenvalue weighted by molar-refractivity contribution is -0.384. The van der Waals surface area contributed by atoms with Crippen LogP contribution in [0.2, 0.25) is 5.02 Å². The van der Waals surface area contributed by atoms with Gasteiger partial charge in [0.25, 0.3) is 5.69 Å². The molecule has 0 amide bonds. The molecule has 2 rings (SSSR count). The van der Waals surface area contributed by atoms with Crippen molar-refractivity contribution in [1.29, 1.82) is 0 Å². The summed E-state index contributed by atoms with van der Waals surface area (Å²) in [5, 5.41) is 14.2. The Bertz CT molecular complexity index is 618. The molecule has 0 spiro atoms. The Morgan fingerprint density at radius 3 is 2.68 bits per heavy atom. The SMILES string of the molecule is CC(Nc1ccc([N+](=O)[O-])cc1Cl)c1ccc(Br)s1. The average molecular weight is 362 g/mol. The van der Waals surface area contributed by atoms with E-state index in [2.05, 4.69) is 21.2 Å². The maximum atomic E-state index is 10.6. The van der Waals surface area contributed by atoms with Crippen molar-refractivity contribution in [2.45, 2.75) is 13.0 Å². The molecular weight excluding hydrogens is 352 g/mol. The summed E-state index contributed by atoms with van der Waals surface area (Å²) >= 11 is 11.1. The topological polar surface area (TPSA) is 55.2 Å². The van der Waals surface area contributed by atoms with E-state index >= 15 is 0 Å². The third kappa shape index (κ3) is 3.46. The van der Waals surface area contributed by atoms with Crippen LogP contribution in [-0.4, -0.2) is 4.92 Å². The number of nitrogens with zero attached hydrogens (tertiary/aromatic N) is 1. The molecule has 100 valence electrons. The van der Waals surface area contributed by atoms with Gasteiger partial charge in [0, 0.05) is 17.0 Å². The molecule has 19 heavy (non-hydrogen) atoms. The van der Waals surface area contributed by atoms with Gasteiger partial charge in [0.1, 0.15) is 0 Å². The maximum Gasteiger partial charge on any atom is 0.271 e. The molecule has 0 fully saturated rings. The highest BCUT2D eigenvalue weighted by atomic mass is 79.9. The predicted octanol–water partition coefficient (Wildman–Crippen LogP) is 5.25.